The lowest BCUT2D eigenvalue weighted by Gasteiger charge is -2.29. The molecule has 1 nitrogen and oxygen atoms in total. The Labute approximate surface area is 128 Å². The van der Waals surface area contributed by atoms with E-state index in [0.29, 0.717) is 12.0 Å². The van der Waals surface area contributed by atoms with Gasteiger partial charge in [0.1, 0.15) is 0 Å². The van der Waals surface area contributed by atoms with Gasteiger partial charge in [0.05, 0.1) is 0 Å². The van der Waals surface area contributed by atoms with Gasteiger partial charge in [0.15, 0.2) is 0 Å². The lowest BCUT2D eigenvalue weighted by Crippen LogP contribution is -2.35. The van der Waals surface area contributed by atoms with Gasteiger partial charge in [0.25, 0.3) is 0 Å². The maximum absolute atomic E-state index is 2.66. The minimum atomic E-state index is 0.600. The van der Waals surface area contributed by atoms with E-state index in [2.05, 4.69) is 73.3 Å². The van der Waals surface area contributed by atoms with Gasteiger partial charge in [-0.2, -0.15) is 0 Å². The number of fused-ring (bicyclic) bond motifs is 1. The summed E-state index contributed by atoms with van der Waals surface area (Å²) >= 11 is 0. The molecule has 0 aliphatic carbocycles. The molecular weight excluding hydrogens is 254 g/mol. The maximum atomic E-state index is 2.66. The number of hydrogen-bond acceptors (Lipinski definition) is 1. The molecule has 1 heteroatoms. The molecule has 0 saturated heterocycles. The van der Waals surface area contributed by atoms with Gasteiger partial charge in [-0.05, 0) is 42.4 Å². The lowest BCUT2D eigenvalue weighted by atomic mass is 9.92. The summed E-state index contributed by atoms with van der Waals surface area (Å²) in [6.07, 6.45) is 2.38. The van der Waals surface area contributed by atoms with E-state index in [4.69, 9.17) is 0 Å². The number of nitrogens with zero attached hydrogens (tertiary/aromatic N) is 1. The van der Waals surface area contributed by atoms with Gasteiger partial charge < -0.3 is 0 Å². The van der Waals surface area contributed by atoms with Crippen LogP contribution in [0.1, 0.15) is 42.9 Å². The SMILES string of the molecule is CC[C@H]1CN(Cc2ccccc2)[C@H](C)Cc2ccccc21. The Morgan fingerprint density at radius 3 is 2.48 bits per heavy atom. The molecule has 0 N–H and O–H groups in total. The highest BCUT2D eigenvalue weighted by atomic mass is 15.2. The van der Waals surface area contributed by atoms with Crippen molar-refractivity contribution in [3.63, 3.8) is 0 Å². The van der Waals surface area contributed by atoms with E-state index in [0.717, 1.165) is 6.54 Å². The monoisotopic (exact) mass is 279 g/mol. The fraction of sp³-hybridized carbons (Fsp3) is 0.400. The number of hydrogen-bond donors (Lipinski definition) is 0. The predicted molar refractivity (Wildman–Crippen MR) is 89.5 cm³/mol. The minimum absolute atomic E-state index is 0.600. The van der Waals surface area contributed by atoms with Crippen molar-refractivity contribution in [2.24, 2.45) is 0 Å². The Morgan fingerprint density at radius 2 is 1.71 bits per heavy atom. The highest BCUT2D eigenvalue weighted by molar-refractivity contribution is 5.33. The highest BCUT2D eigenvalue weighted by Crippen LogP contribution is 2.30. The van der Waals surface area contributed by atoms with Crippen LogP contribution >= 0.6 is 0 Å². The van der Waals surface area contributed by atoms with Gasteiger partial charge in [0, 0.05) is 19.1 Å². The fourth-order valence-corrected chi connectivity index (χ4v) is 3.51. The molecule has 0 aromatic heterocycles. The first-order valence-electron chi connectivity index (χ1n) is 8.13. The molecule has 0 bridgehead atoms. The van der Waals surface area contributed by atoms with Crippen LogP contribution in [0.3, 0.4) is 0 Å². The van der Waals surface area contributed by atoms with Crippen LogP contribution in [0.2, 0.25) is 0 Å². The number of rotatable bonds is 3. The van der Waals surface area contributed by atoms with Crippen molar-refractivity contribution >= 4 is 0 Å². The second-order valence-corrected chi connectivity index (χ2v) is 6.27. The first kappa shape index (κ1) is 14.3. The van der Waals surface area contributed by atoms with Crippen LogP contribution in [0.5, 0.6) is 0 Å². The Bertz CT molecular complexity index is 575. The van der Waals surface area contributed by atoms with Crippen LogP contribution in [-0.2, 0) is 13.0 Å². The molecule has 0 fully saturated rings. The molecule has 0 saturated carbocycles. The summed E-state index contributed by atoms with van der Waals surface area (Å²) in [5, 5.41) is 0. The topological polar surface area (TPSA) is 3.24 Å². The molecule has 3 rings (SSSR count). The molecule has 110 valence electrons. The molecule has 21 heavy (non-hydrogen) atoms. The zero-order valence-electron chi connectivity index (χ0n) is 13.1. The molecule has 2 aromatic rings. The van der Waals surface area contributed by atoms with Crippen molar-refractivity contribution in [2.45, 2.75) is 45.2 Å². The lowest BCUT2D eigenvalue weighted by molar-refractivity contribution is 0.192. The first-order valence-corrected chi connectivity index (χ1v) is 8.13. The molecule has 1 aliphatic heterocycles. The van der Waals surface area contributed by atoms with Gasteiger partial charge in [-0.3, -0.25) is 4.90 Å². The van der Waals surface area contributed by atoms with Crippen molar-refractivity contribution in [3.05, 3.63) is 71.3 Å². The molecule has 0 unspecified atom stereocenters. The molecule has 2 atom stereocenters. The second kappa shape index (κ2) is 6.44. The second-order valence-electron chi connectivity index (χ2n) is 6.27. The number of benzene rings is 2. The summed E-state index contributed by atoms with van der Waals surface area (Å²) in [5.41, 5.74) is 4.54. The van der Waals surface area contributed by atoms with E-state index in [9.17, 15) is 0 Å². The van der Waals surface area contributed by atoms with Crippen LogP contribution in [0, 0.1) is 0 Å². The van der Waals surface area contributed by atoms with E-state index in [1.54, 1.807) is 11.1 Å². The average molecular weight is 279 g/mol. The quantitative estimate of drug-likeness (QED) is 0.792. The molecule has 1 heterocycles. The van der Waals surface area contributed by atoms with Crippen molar-refractivity contribution in [1.82, 2.24) is 4.90 Å². The van der Waals surface area contributed by atoms with Crippen molar-refractivity contribution in [1.29, 1.82) is 0 Å². The molecular formula is C20H25N. The Morgan fingerprint density at radius 1 is 1.00 bits per heavy atom. The zero-order valence-corrected chi connectivity index (χ0v) is 13.1. The Hall–Kier alpha value is -1.60. The summed E-state index contributed by atoms with van der Waals surface area (Å²) in [5.74, 6) is 0.662. The van der Waals surface area contributed by atoms with Crippen LogP contribution in [0.15, 0.2) is 54.6 Å². The minimum Gasteiger partial charge on any atom is -0.295 e. The van der Waals surface area contributed by atoms with E-state index in [-0.39, 0.29) is 0 Å². The summed E-state index contributed by atoms with van der Waals surface area (Å²) in [7, 11) is 0. The van der Waals surface area contributed by atoms with E-state index < -0.39 is 0 Å². The normalized spacial score (nSPS) is 22.6. The molecule has 1 aliphatic rings. The summed E-state index contributed by atoms with van der Waals surface area (Å²) in [6, 6.07) is 20.5. The van der Waals surface area contributed by atoms with Crippen LogP contribution < -0.4 is 0 Å². The van der Waals surface area contributed by atoms with Crippen LogP contribution in [0.25, 0.3) is 0 Å². The van der Waals surface area contributed by atoms with Gasteiger partial charge in [-0.1, -0.05) is 61.5 Å². The smallest absolute Gasteiger partial charge is 0.0236 e. The van der Waals surface area contributed by atoms with E-state index in [1.807, 2.05) is 0 Å². The van der Waals surface area contributed by atoms with Gasteiger partial charge >= 0.3 is 0 Å². The largest absolute Gasteiger partial charge is 0.295 e. The van der Waals surface area contributed by atoms with Crippen molar-refractivity contribution in [2.75, 3.05) is 6.54 Å². The van der Waals surface area contributed by atoms with Gasteiger partial charge in [0.2, 0.25) is 0 Å². The Kier molecular flexibility index (Phi) is 4.40. The molecule has 0 amide bonds. The third-order valence-corrected chi connectivity index (χ3v) is 4.81. The van der Waals surface area contributed by atoms with E-state index in [1.165, 1.54) is 24.9 Å². The van der Waals surface area contributed by atoms with Crippen molar-refractivity contribution in [3.8, 4) is 0 Å². The predicted octanol–water partition coefficient (Wildman–Crippen LogP) is 4.63. The molecule has 0 spiro atoms. The third kappa shape index (κ3) is 3.19. The third-order valence-electron chi connectivity index (χ3n) is 4.81. The average Bonchev–Trinajstić information content (AvgIpc) is 2.65. The summed E-state index contributed by atoms with van der Waals surface area (Å²) in [4.78, 5) is 2.66. The van der Waals surface area contributed by atoms with Crippen LogP contribution in [0.4, 0.5) is 0 Å². The van der Waals surface area contributed by atoms with Gasteiger partial charge in [-0.15, -0.1) is 0 Å². The highest BCUT2D eigenvalue weighted by Gasteiger charge is 2.25. The van der Waals surface area contributed by atoms with Gasteiger partial charge in [-0.25, -0.2) is 0 Å². The molecule has 0 radical (unpaired) electrons. The van der Waals surface area contributed by atoms with Crippen molar-refractivity contribution < 1.29 is 0 Å². The fourth-order valence-electron chi connectivity index (χ4n) is 3.51. The Balaban J connectivity index is 1.84. The van der Waals surface area contributed by atoms with E-state index >= 15 is 0 Å². The first-order chi connectivity index (χ1) is 10.3. The summed E-state index contributed by atoms with van der Waals surface area (Å²) < 4.78 is 0. The zero-order chi connectivity index (χ0) is 14.7. The standard InChI is InChI=1S/C20H25N/c1-3-18-15-21(14-17-9-5-4-6-10-17)16(2)13-19-11-7-8-12-20(18)19/h4-12,16,18H,3,13-15H2,1-2H3/t16-,18+/m1/s1. The summed E-state index contributed by atoms with van der Waals surface area (Å²) in [6.45, 7) is 6.92. The molecule has 2 aromatic carbocycles. The van der Waals surface area contributed by atoms with Crippen LogP contribution in [-0.4, -0.2) is 17.5 Å². The maximum Gasteiger partial charge on any atom is 0.0236 e.